The zero-order valence-electron chi connectivity index (χ0n) is 10.5. The zero-order chi connectivity index (χ0) is 12.2. The molecule has 0 spiro atoms. The fourth-order valence-corrected chi connectivity index (χ4v) is 1.27. The number of ether oxygens (including phenoxy) is 1. The van der Waals surface area contributed by atoms with Crippen molar-refractivity contribution in [2.75, 3.05) is 6.61 Å². The lowest BCUT2D eigenvalue weighted by molar-refractivity contribution is 0.115. The molecule has 0 aliphatic carbocycles. The minimum atomic E-state index is -0.117. The van der Waals surface area contributed by atoms with Gasteiger partial charge in [0.1, 0.15) is 12.4 Å². The minimum absolute atomic E-state index is 0.116. The van der Waals surface area contributed by atoms with Gasteiger partial charge in [-0.25, -0.2) is 4.98 Å². The molecule has 16 heavy (non-hydrogen) atoms. The van der Waals surface area contributed by atoms with Crippen molar-refractivity contribution in [3.63, 3.8) is 0 Å². The summed E-state index contributed by atoms with van der Waals surface area (Å²) in [5, 5.41) is 0. The summed E-state index contributed by atoms with van der Waals surface area (Å²) in [7, 11) is 0. The Morgan fingerprint density at radius 3 is 2.69 bits per heavy atom. The van der Waals surface area contributed by atoms with Gasteiger partial charge in [-0.05, 0) is 6.42 Å². The summed E-state index contributed by atoms with van der Waals surface area (Å²) >= 11 is 0. The molecule has 0 saturated heterocycles. The lowest BCUT2D eigenvalue weighted by Gasteiger charge is -2.17. The second kappa shape index (κ2) is 5.25. The maximum Gasteiger partial charge on any atom is 0.251 e. The van der Waals surface area contributed by atoms with E-state index < -0.39 is 0 Å². The molecule has 0 unspecified atom stereocenters. The number of aromatic nitrogens is 2. The smallest absolute Gasteiger partial charge is 0.251 e. The molecule has 0 aliphatic rings. The number of hydrogen-bond acceptors (Lipinski definition) is 3. The first-order valence-electron chi connectivity index (χ1n) is 5.62. The van der Waals surface area contributed by atoms with Crippen molar-refractivity contribution in [1.29, 1.82) is 0 Å². The molecule has 0 saturated carbocycles. The van der Waals surface area contributed by atoms with E-state index in [9.17, 15) is 4.79 Å². The third-order valence-corrected chi connectivity index (χ3v) is 2.15. The Labute approximate surface area is 96.1 Å². The van der Waals surface area contributed by atoms with Crippen LogP contribution in [-0.2, 0) is 16.8 Å². The van der Waals surface area contributed by atoms with Gasteiger partial charge in [-0.15, -0.1) is 0 Å². The van der Waals surface area contributed by atoms with E-state index in [4.69, 9.17) is 4.74 Å². The van der Waals surface area contributed by atoms with Gasteiger partial charge in [0.15, 0.2) is 0 Å². The Balaban J connectivity index is 2.86. The van der Waals surface area contributed by atoms with E-state index in [2.05, 4.69) is 9.97 Å². The molecule has 1 N–H and O–H groups in total. The van der Waals surface area contributed by atoms with Gasteiger partial charge in [0, 0.05) is 18.1 Å². The highest BCUT2D eigenvalue weighted by atomic mass is 16.5. The third-order valence-electron chi connectivity index (χ3n) is 2.15. The van der Waals surface area contributed by atoms with E-state index in [1.807, 2.05) is 27.7 Å². The van der Waals surface area contributed by atoms with Crippen LogP contribution < -0.4 is 5.56 Å². The molecule has 0 aromatic carbocycles. The predicted molar refractivity (Wildman–Crippen MR) is 63.5 cm³/mol. The molecule has 4 nitrogen and oxygen atoms in total. The van der Waals surface area contributed by atoms with E-state index in [0.29, 0.717) is 19.0 Å². The summed E-state index contributed by atoms with van der Waals surface area (Å²) < 4.78 is 5.36. The second-order valence-corrected chi connectivity index (χ2v) is 4.88. The SMILES string of the molecule is CCCOCc1nc(C(C)(C)C)cc(=O)[nH]1. The van der Waals surface area contributed by atoms with Gasteiger partial charge < -0.3 is 9.72 Å². The largest absolute Gasteiger partial charge is 0.374 e. The maximum atomic E-state index is 11.4. The van der Waals surface area contributed by atoms with Gasteiger partial charge in [-0.1, -0.05) is 27.7 Å². The number of nitrogens with zero attached hydrogens (tertiary/aromatic N) is 1. The van der Waals surface area contributed by atoms with Crippen LogP contribution in [0.5, 0.6) is 0 Å². The Morgan fingerprint density at radius 1 is 1.44 bits per heavy atom. The van der Waals surface area contributed by atoms with Crippen LogP contribution in [0.15, 0.2) is 10.9 Å². The van der Waals surface area contributed by atoms with Gasteiger partial charge in [-0.2, -0.15) is 0 Å². The van der Waals surface area contributed by atoms with Crippen molar-refractivity contribution in [3.05, 3.63) is 27.9 Å². The van der Waals surface area contributed by atoms with Crippen molar-refractivity contribution in [2.24, 2.45) is 0 Å². The number of hydrogen-bond donors (Lipinski definition) is 1. The molecule has 90 valence electrons. The average molecular weight is 224 g/mol. The van der Waals surface area contributed by atoms with E-state index in [1.165, 1.54) is 0 Å². The Morgan fingerprint density at radius 2 is 2.12 bits per heavy atom. The topological polar surface area (TPSA) is 55.0 Å². The summed E-state index contributed by atoms with van der Waals surface area (Å²) in [6, 6.07) is 1.54. The van der Waals surface area contributed by atoms with Gasteiger partial charge in [0.2, 0.25) is 0 Å². The lowest BCUT2D eigenvalue weighted by atomic mass is 9.92. The second-order valence-electron chi connectivity index (χ2n) is 4.88. The maximum absolute atomic E-state index is 11.4. The molecule has 0 fully saturated rings. The van der Waals surface area contributed by atoms with Crippen molar-refractivity contribution in [1.82, 2.24) is 9.97 Å². The summed E-state index contributed by atoms with van der Waals surface area (Å²) in [4.78, 5) is 18.5. The molecule has 1 aromatic rings. The zero-order valence-corrected chi connectivity index (χ0v) is 10.5. The molecule has 0 aliphatic heterocycles. The van der Waals surface area contributed by atoms with E-state index in [-0.39, 0.29) is 11.0 Å². The summed E-state index contributed by atoms with van der Waals surface area (Å²) in [6.45, 7) is 9.20. The van der Waals surface area contributed by atoms with E-state index >= 15 is 0 Å². The Kier molecular flexibility index (Phi) is 4.24. The van der Waals surface area contributed by atoms with Gasteiger partial charge in [-0.3, -0.25) is 4.79 Å². The third kappa shape index (κ3) is 3.77. The van der Waals surface area contributed by atoms with Crippen LogP contribution in [0, 0.1) is 0 Å². The number of nitrogens with one attached hydrogen (secondary N) is 1. The van der Waals surface area contributed by atoms with Gasteiger partial charge in [0.05, 0.1) is 5.69 Å². The first-order valence-corrected chi connectivity index (χ1v) is 5.62. The standard InChI is InChI=1S/C12H20N2O2/c1-5-6-16-8-10-13-9(12(2,3)4)7-11(15)14-10/h7H,5-6,8H2,1-4H3,(H,13,14,15). The molecular weight excluding hydrogens is 204 g/mol. The van der Waals surface area contributed by atoms with Crippen molar-refractivity contribution >= 4 is 0 Å². The van der Waals surface area contributed by atoms with Crippen molar-refractivity contribution in [3.8, 4) is 0 Å². The number of aromatic amines is 1. The highest BCUT2D eigenvalue weighted by Crippen LogP contribution is 2.18. The van der Waals surface area contributed by atoms with Crippen molar-refractivity contribution < 1.29 is 4.74 Å². The molecule has 1 aromatic heterocycles. The average Bonchev–Trinajstić information content (AvgIpc) is 2.16. The molecule has 0 radical (unpaired) electrons. The van der Waals surface area contributed by atoms with Crippen LogP contribution >= 0.6 is 0 Å². The van der Waals surface area contributed by atoms with Crippen LogP contribution in [0.25, 0.3) is 0 Å². The lowest BCUT2D eigenvalue weighted by Crippen LogP contribution is -2.21. The fraction of sp³-hybridized carbons (Fsp3) is 0.667. The van der Waals surface area contributed by atoms with Crippen LogP contribution in [0.2, 0.25) is 0 Å². The van der Waals surface area contributed by atoms with Crippen LogP contribution in [0.4, 0.5) is 0 Å². The summed E-state index contributed by atoms with van der Waals surface area (Å²) in [5.74, 6) is 0.603. The minimum Gasteiger partial charge on any atom is -0.374 e. The predicted octanol–water partition coefficient (Wildman–Crippen LogP) is 1.99. The molecule has 0 atom stereocenters. The monoisotopic (exact) mass is 224 g/mol. The molecule has 0 bridgehead atoms. The summed E-state index contributed by atoms with van der Waals surface area (Å²) in [6.07, 6.45) is 0.962. The number of rotatable bonds is 4. The normalized spacial score (nSPS) is 11.8. The highest BCUT2D eigenvalue weighted by molar-refractivity contribution is 5.12. The molecule has 0 amide bonds. The number of H-pyrrole nitrogens is 1. The quantitative estimate of drug-likeness (QED) is 0.796. The van der Waals surface area contributed by atoms with Crippen LogP contribution in [0.3, 0.4) is 0 Å². The van der Waals surface area contributed by atoms with E-state index in [0.717, 1.165) is 12.1 Å². The van der Waals surface area contributed by atoms with E-state index in [1.54, 1.807) is 6.07 Å². The first kappa shape index (κ1) is 12.9. The summed E-state index contributed by atoms with van der Waals surface area (Å²) in [5.41, 5.74) is 0.565. The van der Waals surface area contributed by atoms with Crippen LogP contribution in [0.1, 0.15) is 45.6 Å². The Bertz CT molecular complexity index is 391. The molecule has 1 rings (SSSR count). The Hall–Kier alpha value is -1.16. The first-order chi connectivity index (χ1) is 7.43. The van der Waals surface area contributed by atoms with Gasteiger partial charge >= 0.3 is 0 Å². The molecule has 4 heteroatoms. The fourth-order valence-electron chi connectivity index (χ4n) is 1.27. The highest BCUT2D eigenvalue weighted by Gasteiger charge is 2.16. The van der Waals surface area contributed by atoms with Crippen molar-refractivity contribution in [2.45, 2.75) is 46.1 Å². The molecule has 1 heterocycles. The van der Waals surface area contributed by atoms with Crippen LogP contribution in [-0.4, -0.2) is 16.6 Å². The van der Waals surface area contributed by atoms with Gasteiger partial charge in [0.25, 0.3) is 5.56 Å². The molecular formula is C12H20N2O2.